The van der Waals surface area contributed by atoms with Gasteiger partial charge in [0, 0.05) is 6.20 Å². The minimum absolute atomic E-state index is 0.251. The van der Waals surface area contributed by atoms with E-state index in [1.807, 2.05) is 0 Å². The number of nitrogens with zero attached hydrogens (tertiary/aromatic N) is 2. The van der Waals surface area contributed by atoms with Crippen LogP contribution >= 0.6 is 0 Å². The molecule has 2 aromatic rings. The zero-order chi connectivity index (χ0) is 13.8. The third kappa shape index (κ3) is 3.08. The van der Waals surface area contributed by atoms with E-state index in [0.717, 1.165) is 0 Å². The molecular formula is C12H15N5O2. The summed E-state index contributed by atoms with van der Waals surface area (Å²) in [5, 5.41) is 2.78. The smallest absolute Gasteiger partial charge is 0.253 e. The van der Waals surface area contributed by atoms with Crippen LogP contribution in [0.25, 0.3) is 0 Å². The summed E-state index contributed by atoms with van der Waals surface area (Å²) in [7, 11) is 0. The van der Waals surface area contributed by atoms with E-state index in [-0.39, 0.29) is 11.9 Å². The second-order valence-electron chi connectivity index (χ2n) is 4.08. The lowest BCUT2D eigenvalue weighted by atomic mass is 10.2. The molecule has 7 nitrogen and oxygen atoms in total. The van der Waals surface area contributed by atoms with Gasteiger partial charge < -0.3 is 15.2 Å². The van der Waals surface area contributed by atoms with Gasteiger partial charge in [-0.15, -0.1) is 0 Å². The van der Waals surface area contributed by atoms with Crippen LogP contribution in [-0.4, -0.2) is 15.9 Å². The van der Waals surface area contributed by atoms with Gasteiger partial charge in [0.25, 0.3) is 5.91 Å². The SMILES string of the molecule is Cc1cnc(C(C)NC(=O)c2ccc(NN)nc2)o1. The molecular weight excluding hydrogens is 246 g/mol. The van der Waals surface area contributed by atoms with Crippen LogP contribution in [0.1, 0.15) is 35.0 Å². The molecule has 0 saturated heterocycles. The van der Waals surface area contributed by atoms with Crippen LogP contribution in [-0.2, 0) is 0 Å². The largest absolute Gasteiger partial charge is 0.444 e. The summed E-state index contributed by atoms with van der Waals surface area (Å²) < 4.78 is 5.35. The van der Waals surface area contributed by atoms with Gasteiger partial charge in [0.05, 0.1) is 11.8 Å². The number of amides is 1. The molecule has 0 spiro atoms. The first-order valence-corrected chi connectivity index (χ1v) is 5.76. The van der Waals surface area contributed by atoms with Crippen LogP contribution in [0, 0.1) is 6.92 Å². The Hall–Kier alpha value is -2.41. The number of hydrogen-bond acceptors (Lipinski definition) is 6. The van der Waals surface area contributed by atoms with Gasteiger partial charge in [0.15, 0.2) is 0 Å². The molecule has 19 heavy (non-hydrogen) atoms. The topological polar surface area (TPSA) is 106 Å². The van der Waals surface area contributed by atoms with Crippen molar-refractivity contribution in [3.8, 4) is 0 Å². The quantitative estimate of drug-likeness (QED) is 0.563. The molecule has 2 heterocycles. The molecule has 0 radical (unpaired) electrons. The zero-order valence-corrected chi connectivity index (χ0v) is 10.7. The molecule has 0 bridgehead atoms. The Morgan fingerprint density at radius 2 is 2.16 bits per heavy atom. The monoisotopic (exact) mass is 261 g/mol. The number of carbonyl (C=O) groups excluding carboxylic acids is 1. The van der Waals surface area contributed by atoms with Crippen LogP contribution in [0.4, 0.5) is 5.82 Å². The molecule has 0 aliphatic heterocycles. The average molecular weight is 261 g/mol. The Morgan fingerprint density at radius 1 is 1.37 bits per heavy atom. The van der Waals surface area contributed by atoms with Crippen LogP contribution in [0.2, 0.25) is 0 Å². The summed E-state index contributed by atoms with van der Waals surface area (Å²) in [5.74, 6) is 6.62. The highest BCUT2D eigenvalue weighted by atomic mass is 16.4. The maximum Gasteiger partial charge on any atom is 0.253 e. The highest BCUT2D eigenvalue weighted by molar-refractivity contribution is 5.94. The highest BCUT2D eigenvalue weighted by Crippen LogP contribution is 2.13. The van der Waals surface area contributed by atoms with Crippen molar-refractivity contribution >= 4 is 11.7 Å². The number of nitrogens with one attached hydrogen (secondary N) is 2. The molecule has 1 unspecified atom stereocenters. The summed E-state index contributed by atoms with van der Waals surface area (Å²) in [4.78, 5) is 20.0. The first kappa shape index (κ1) is 13.0. The number of nitrogen functional groups attached to an aromatic ring is 1. The van der Waals surface area contributed by atoms with Crippen molar-refractivity contribution in [3.05, 3.63) is 41.7 Å². The fourth-order valence-corrected chi connectivity index (χ4v) is 1.53. The fourth-order valence-electron chi connectivity index (χ4n) is 1.53. The Kier molecular flexibility index (Phi) is 3.76. The Morgan fingerprint density at radius 3 is 2.68 bits per heavy atom. The molecule has 1 amide bonds. The molecule has 0 aromatic carbocycles. The van der Waals surface area contributed by atoms with Gasteiger partial charge in [0.2, 0.25) is 5.89 Å². The summed E-state index contributed by atoms with van der Waals surface area (Å²) in [5.41, 5.74) is 2.83. The van der Waals surface area contributed by atoms with E-state index in [1.165, 1.54) is 6.20 Å². The second-order valence-corrected chi connectivity index (χ2v) is 4.08. The number of anilines is 1. The lowest BCUT2D eigenvalue weighted by molar-refractivity contribution is 0.0933. The molecule has 7 heteroatoms. The third-order valence-electron chi connectivity index (χ3n) is 2.53. The summed E-state index contributed by atoms with van der Waals surface area (Å²) in [6, 6.07) is 2.94. The molecule has 0 aliphatic carbocycles. The standard InChI is InChI=1S/C12H15N5O2/c1-7-5-15-12(19-7)8(2)16-11(18)9-3-4-10(17-13)14-6-9/h3-6,8H,13H2,1-2H3,(H,14,17)(H,16,18). The molecule has 0 aliphatic rings. The summed E-state index contributed by atoms with van der Waals surface area (Å²) in [6.45, 7) is 3.60. The van der Waals surface area contributed by atoms with E-state index in [0.29, 0.717) is 23.0 Å². The number of hydrazine groups is 1. The van der Waals surface area contributed by atoms with Crippen molar-refractivity contribution < 1.29 is 9.21 Å². The lowest BCUT2D eigenvalue weighted by Crippen LogP contribution is -2.27. The highest BCUT2D eigenvalue weighted by Gasteiger charge is 2.15. The Labute approximate surface area is 110 Å². The van der Waals surface area contributed by atoms with Crippen LogP contribution in [0.15, 0.2) is 28.9 Å². The normalized spacial score (nSPS) is 11.9. The van der Waals surface area contributed by atoms with Gasteiger partial charge in [-0.1, -0.05) is 0 Å². The van der Waals surface area contributed by atoms with Crippen LogP contribution < -0.4 is 16.6 Å². The number of oxazole rings is 1. The number of hydrogen-bond donors (Lipinski definition) is 3. The maximum atomic E-state index is 12.0. The molecule has 2 aromatic heterocycles. The summed E-state index contributed by atoms with van der Waals surface area (Å²) in [6.07, 6.45) is 3.05. The van der Waals surface area contributed by atoms with E-state index in [2.05, 4.69) is 20.7 Å². The van der Waals surface area contributed by atoms with Crippen molar-refractivity contribution in [2.24, 2.45) is 5.84 Å². The minimum atomic E-state index is -0.312. The van der Waals surface area contributed by atoms with Crippen LogP contribution in [0.3, 0.4) is 0 Å². The first-order valence-electron chi connectivity index (χ1n) is 5.76. The van der Waals surface area contributed by atoms with E-state index in [9.17, 15) is 4.79 Å². The van der Waals surface area contributed by atoms with Crippen LogP contribution in [0.5, 0.6) is 0 Å². The molecule has 0 fully saturated rings. The summed E-state index contributed by atoms with van der Waals surface area (Å²) >= 11 is 0. The van der Waals surface area contributed by atoms with Crippen molar-refractivity contribution in [3.63, 3.8) is 0 Å². The molecule has 100 valence electrons. The van der Waals surface area contributed by atoms with E-state index < -0.39 is 0 Å². The molecule has 2 rings (SSSR count). The third-order valence-corrected chi connectivity index (χ3v) is 2.53. The maximum absolute atomic E-state index is 12.0. The van der Waals surface area contributed by atoms with Crippen molar-refractivity contribution in [2.45, 2.75) is 19.9 Å². The number of carbonyl (C=O) groups is 1. The van der Waals surface area contributed by atoms with Gasteiger partial charge in [0.1, 0.15) is 17.6 Å². The van der Waals surface area contributed by atoms with Gasteiger partial charge in [-0.3, -0.25) is 4.79 Å². The second kappa shape index (κ2) is 5.49. The van der Waals surface area contributed by atoms with E-state index >= 15 is 0 Å². The molecule has 0 saturated carbocycles. The number of aromatic nitrogens is 2. The zero-order valence-electron chi connectivity index (χ0n) is 10.7. The Balaban J connectivity index is 2.03. The van der Waals surface area contributed by atoms with Crippen molar-refractivity contribution in [1.82, 2.24) is 15.3 Å². The molecule has 1 atom stereocenters. The number of nitrogens with two attached hydrogens (primary N) is 1. The minimum Gasteiger partial charge on any atom is -0.444 e. The van der Waals surface area contributed by atoms with Gasteiger partial charge in [-0.2, -0.15) is 0 Å². The predicted molar refractivity (Wildman–Crippen MR) is 69.2 cm³/mol. The fraction of sp³-hybridized carbons (Fsp3) is 0.250. The van der Waals surface area contributed by atoms with E-state index in [4.69, 9.17) is 10.3 Å². The molecule has 4 N–H and O–H groups in total. The number of aryl methyl sites for hydroxylation is 1. The lowest BCUT2D eigenvalue weighted by Gasteiger charge is -2.10. The average Bonchev–Trinajstić information content (AvgIpc) is 2.85. The van der Waals surface area contributed by atoms with E-state index in [1.54, 1.807) is 32.2 Å². The first-order chi connectivity index (χ1) is 9.10. The van der Waals surface area contributed by atoms with Gasteiger partial charge >= 0.3 is 0 Å². The Bertz CT molecular complexity index is 564. The van der Waals surface area contributed by atoms with Crippen molar-refractivity contribution in [2.75, 3.05) is 5.43 Å². The number of pyridine rings is 1. The number of rotatable bonds is 4. The predicted octanol–water partition coefficient (Wildman–Crippen LogP) is 1.15. The van der Waals surface area contributed by atoms with Gasteiger partial charge in [-0.25, -0.2) is 15.8 Å². The van der Waals surface area contributed by atoms with Crippen molar-refractivity contribution in [1.29, 1.82) is 0 Å². The van der Waals surface area contributed by atoms with Gasteiger partial charge in [-0.05, 0) is 26.0 Å².